The zero-order valence-electron chi connectivity index (χ0n) is 6.56. The van der Waals surface area contributed by atoms with Crippen molar-refractivity contribution >= 4 is 5.97 Å². The molecule has 0 fully saturated rings. The first-order valence-electron chi connectivity index (χ1n) is 3.44. The summed E-state index contributed by atoms with van der Waals surface area (Å²) in [7, 11) is 0. The Morgan fingerprint density at radius 3 is 3.00 bits per heavy atom. The zero-order valence-corrected chi connectivity index (χ0v) is 6.56. The predicted octanol–water partition coefficient (Wildman–Crippen LogP) is 0.532. The number of hydrogen-bond donors (Lipinski definition) is 1. The standard InChI is InChI=1S/C8H8N2O2/c1-7(3-4-8(11)12)10-6-2-5-9-10/h2,5-7H,1H3,(H,11,12). The molecule has 1 rings (SSSR count). The van der Waals surface area contributed by atoms with Crippen LogP contribution < -0.4 is 0 Å². The molecule has 0 saturated heterocycles. The van der Waals surface area contributed by atoms with Crippen LogP contribution in [0.1, 0.15) is 13.0 Å². The highest BCUT2D eigenvalue weighted by Gasteiger charge is 1.98. The average molecular weight is 164 g/mol. The molecule has 0 saturated carbocycles. The molecule has 1 aromatic rings. The van der Waals surface area contributed by atoms with Crippen molar-refractivity contribution in [2.45, 2.75) is 13.0 Å². The third-order valence-electron chi connectivity index (χ3n) is 1.31. The molecule has 62 valence electrons. The van der Waals surface area contributed by atoms with E-state index in [4.69, 9.17) is 5.11 Å². The van der Waals surface area contributed by atoms with Gasteiger partial charge in [0.25, 0.3) is 0 Å². The number of carbonyl (C=O) groups is 1. The van der Waals surface area contributed by atoms with E-state index in [1.165, 1.54) is 0 Å². The van der Waals surface area contributed by atoms with Crippen LogP contribution in [0, 0.1) is 11.8 Å². The Bertz CT molecular complexity index is 319. The SMILES string of the molecule is CC(C#CC(=O)O)n1cccn1. The van der Waals surface area contributed by atoms with Crippen molar-refractivity contribution in [1.82, 2.24) is 9.78 Å². The highest BCUT2D eigenvalue weighted by Crippen LogP contribution is 1.99. The molecule has 1 N–H and O–H groups in total. The van der Waals surface area contributed by atoms with Gasteiger partial charge in [0.1, 0.15) is 6.04 Å². The van der Waals surface area contributed by atoms with Gasteiger partial charge in [0, 0.05) is 18.3 Å². The predicted molar refractivity (Wildman–Crippen MR) is 42.3 cm³/mol. The molecule has 4 heteroatoms. The van der Waals surface area contributed by atoms with E-state index in [1.54, 1.807) is 30.1 Å². The summed E-state index contributed by atoms with van der Waals surface area (Å²) in [6.45, 7) is 1.78. The second-order valence-electron chi connectivity index (χ2n) is 2.24. The fourth-order valence-electron chi connectivity index (χ4n) is 0.742. The summed E-state index contributed by atoms with van der Waals surface area (Å²) in [6.07, 6.45) is 3.36. The Morgan fingerprint density at radius 1 is 1.75 bits per heavy atom. The first-order valence-corrected chi connectivity index (χ1v) is 3.44. The van der Waals surface area contributed by atoms with Crippen molar-refractivity contribution in [3.8, 4) is 11.8 Å². The highest BCUT2D eigenvalue weighted by molar-refractivity contribution is 5.86. The van der Waals surface area contributed by atoms with Gasteiger partial charge in [-0.3, -0.25) is 4.68 Å². The highest BCUT2D eigenvalue weighted by atomic mass is 16.4. The lowest BCUT2D eigenvalue weighted by molar-refractivity contribution is -0.130. The monoisotopic (exact) mass is 164 g/mol. The zero-order chi connectivity index (χ0) is 8.97. The van der Waals surface area contributed by atoms with Crippen LogP contribution in [0.2, 0.25) is 0 Å². The van der Waals surface area contributed by atoms with Crippen molar-refractivity contribution in [2.75, 3.05) is 0 Å². The van der Waals surface area contributed by atoms with E-state index < -0.39 is 5.97 Å². The maximum absolute atomic E-state index is 10.1. The molecule has 1 atom stereocenters. The van der Waals surface area contributed by atoms with Gasteiger partial charge in [0.2, 0.25) is 0 Å². The van der Waals surface area contributed by atoms with Gasteiger partial charge >= 0.3 is 5.97 Å². The lowest BCUT2D eigenvalue weighted by Crippen LogP contribution is -2.03. The fourth-order valence-corrected chi connectivity index (χ4v) is 0.742. The van der Waals surface area contributed by atoms with Crippen molar-refractivity contribution < 1.29 is 9.90 Å². The van der Waals surface area contributed by atoms with Gasteiger partial charge in [-0.05, 0) is 13.0 Å². The largest absolute Gasteiger partial charge is 0.472 e. The van der Waals surface area contributed by atoms with Crippen molar-refractivity contribution in [3.63, 3.8) is 0 Å². The topological polar surface area (TPSA) is 55.1 Å². The van der Waals surface area contributed by atoms with Gasteiger partial charge in [-0.15, -0.1) is 0 Å². The second kappa shape index (κ2) is 3.58. The summed E-state index contributed by atoms with van der Waals surface area (Å²) in [5, 5.41) is 12.2. The molecule has 0 spiro atoms. The van der Waals surface area contributed by atoms with E-state index >= 15 is 0 Å². The summed E-state index contributed by atoms with van der Waals surface area (Å²) in [4.78, 5) is 10.1. The quantitative estimate of drug-likeness (QED) is 0.616. The van der Waals surface area contributed by atoms with Gasteiger partial charge in [0.05, 0.1) is 0 Å². The van der Waals surface area contributed by atoms with E-state index in [0.29, 0.717) is 0 Å². The average Bonchev–Trinajstić information content (AvgIpc) is 2.51. The first-order chi connectivity index (χ1) is 5.70. The van der Waals surface area contributed by atoms with Crippen LogP contribution in [0.5, 0.6) is 0 Å². The van der Waals surface area contributed by atoms with Gasteiger partial charge in [-0.2, -0.15) is 5.10 Å². The number of nitrogens with zero attached hydrogens (tertiary/aromatic N) is 2. The van der Waals surface area contributed by atoms with Crippen LogP contribution >= 0.6 is 0 Å². The Kier molecular flexibility index (Phi) is 2.49. The molecular weight excluding hydrogens is 156 g/mol. The van der Waals surface area contributed by atoms with E-state index in [1.807, 2.05) is 5.92 Å². The molecule has 1 aromatic heterocycles. The molecule has 0 aromatic carbocycles. The van der Waals surface area contributed by atoms with Gasteiger partial charge < -0.3 is 5.11 Å². The van der Waals surface area contributed by atoms with E-state index in [0.717, 1.165) is 0 Å². The molecule has 12 heavy (non-hydrogen) atoms. The molecular formula is C8H8N2O2. The van der Waals surface area contributed by atoms with Crippen LogP contribution in [0.4, 0.5) is 0 Å². The van der Waals surface area contributed by atoms with Crippen LogP contribution in [-0.2, 0) is 4.79 Å². The Balaban J connectivity index is 2.69. The molecule has 0 bridgehead atoms. The summed E-state index contributed by atoms with van der Waals surface area (Å²) in [6, 6.07) is 1.56. The molecule has 0 radical (unpaired) electrons. The van der Waals surface area contributed by atoms with Crippen LogP contribution in [0.3, 0.4) is 0 Å². The van der Waals surface area contributed by atoms with E-state index in [2.05, 4.69) is 11.0 Å². The maximum Gasteiger partial charge on any atom is 0.381 e. The molecule has 1 heterocycles. The molecule has 0 aliphatic heterocycles. The van der Waals surface area contributed by atoms with Crippen molar-refractivity contribution in [2.24, 2.45) is 0 Å². The maximum atomic E-state index is 10.1. The van der Waals surface area contributed by atoms with Gasteiger partial charge in [-0.25, -0.2) is 4.79 Å². The third-order valence-corrected chi connectivity index (χ3v) is 1.31. The smallest absolute Gasteiger partial charge is 0.381 e. The first kappa shape index (κ1) is 8.34. The number of rotatable bonds is 1. The van der Waals surface area contributed by atoms with Crippen molar-refractivity contribution in [1.29, 1.82) is 0 Å². The summed E-state index contributed by atoms with van der Waals surface area (Å²) in [5.41, 5.74) is 0. The van der Waals surface area contributed by atoms with Crippen LogP contribution in [0.15, 0.2) is 18.5 Å². The minimum atomic E-state index is -1.12. The van der Waals surface area contributed by atoms with Crippen LogP contribution in [-0.4, -0.2) is 20.9 Å². The third kappa shape index (κ3) is 2.13. The fraction of sp³-hybridized carbons (Fsp3) is 0.250. The number of aromatic nitrogens is 2. The summed E-state index contributed by atoms with van der Waals surface area (Å²) >= 11 is 0. The van der Waals surface area contributed by atoms with Gasteiger partial charge in [-0.1, -0.05) is 5.92 Å². The minimum absolute atomic E-state index is 0.198. The lowest BCUT2D eigenvalue weighted by atomic mass is 10.3. The molecule has 4 nitrogen and oxygen atoms in total. The number of carboxylic acids is 1. The molecule has 0 amide bonds. The summed E-state index contributed by atoms with van der Waals surface area (Å²) in [5.74, 6) is 3.46. The van der Waals surface area contributed by atoms with E-state index in [-0.39, 0.29) is 6.04 Å². The molecule has 1 unspecified atom stereocenters. The van der Waals surface area contributed by atoms with Crippen molar-refractivity contribution in [3.05, 3.63) is 18.5 Å². The van der Waals surface area contributed by atoms with E-state index in [9.17, 15) is 4.79 Å². The lowest BCUT2D eigenvalue weighted by Gasteiger charge is -2.01. The second-order valence-corrected chi connectivity index (χ2v) is 2.24. The Morgan fingerprint density at radius 2 is 2.50 bits per heavy atom. The normalized spacial score (nSPS) is 11.4. The van der Waals surface area contributed by atoms with Gasteiger partial charge in [0.15, 0.2) is 0 Å². The molecule has 0 aliphatic rings. The Hall–Kier alpha value is -1.76. The molecule has 0 aliphatic carbocycles. The van der Waals surface area contributed by atoms with Crippen LogP contribution in [0.25, 0.3) is 0 Å². The number of aliphatic carboxylic acids is 1. The Labute approximate surface area is 69.8 Å². The number of carboxylic acid groups (broad SMARTS) is 1. The summed E-state index contributed by atoms with van der Waals surface area (Å²) < 4.78 is 1.59. The minimum Gasteiger partial charge on any atom is -0.472 e. The number of hydrogen-bond acceptors (Lipinski definition) is 2.